The molecule has 1 aliphatic heterocycles. The van der Waals surface area contributed by atoms with Crippen molar-refractivity contribution in [3.8, 4) is 12.3 Å². The highest BCUT2D eigenvalue weighted by atomic mass is 16.4. The summed E-state index contributed by atoms with van der Waals surface area (Å²) in [6, 6.07) is 20.4. The zero-order valence-corrected chi connectivity index (χ0v) is 21.1. The summed E-state index contributed by atoms with van der Waals surface area (Å²) in [4.78, 5) is 23.9. The number of nitrogens with zero attached hydrogens (tertiary/aromatic N) is 2. The molecule has 188 valence electrons. The van der Waals surface area contributed by atoms with Crippen LogP contribution in [0.15, 0.2) is 66.7 Å². The van der Waals surface area contributed by atoms with E-state index in [-0.39, 0.29) is 31.3 Å². The van der Waals surface area contributed by atoms with E-state index in [2.05, 4.69) is 72.9 Å². The molecule has 6 nitrogen and oxygen atoms in total. The molecule has 0 bridgehead atoms. The third-order valence-electron chi connectivity index (χ3n) is 6.89. The van der Waals surface area contributed by atoms with Crippen LogP contribution in [0.5, 0.6) is 0 Å². The molecular weight excluding hydrogens is 464 g/mol. The molecule has 37 heavy (non-hydrogen) atoms. The van der Waals surface area contributed by atoms with Crippen molar-refractivity contribution in [1.29, 1.82) is 0 Å². The third kappa shape index (κ3) is 5.41. The maximum absolute atomic E-state index is 11.0. The predicted molar refractivity (Wildman–Crippen MR) is 148 cm³/mol. The zero-order chi connectivity index (χ0) is 26.6. The Morgan fingerprint density at radius 1 is 0.946 bits per heavy atom. The Hall–Kier alpha value is -4.37. The number of aliphatic carboxylic acids is 2. The molecule has 3 aromatic carbocycles. The van der Waals surface area contributed by atoms with Crippen LogP contribution in [0.2, 0.25) is 0 Å². The smallest absolute Gasteiger partial charge is 0.305 e. The standard InChI is InChI=1S/C31H30N2O4/c1-4-19-33-26-15-12-23-7-5-6-8-25(23)30(26)31(2,3)27(33)16-11-22-9-13-24(14-10-22)32(20-17-28(34)35)21-18-29(36)37/h1,5-16H,17-21H2,2-3H3,(H-,34,35,36,37)/p+1. The van der Waals surface area contributed by atoms with Crippen LogP contribution < -0.4 is 4.90 Å². The lowest BCUT2D eigenvalue weighted by molar-refractivity contribution is -0.422. The first-order valence-electron chi connectivity index (χ1n) is 12.3. The molecule has 0 unspecified atom stereocenters. The zero-order valence-electron chi connectivity index (χ0n) is 21.1. The van der Waals surface area contributed by atoms with Gasteiger partial charge in [-0.1, -0.05) is 36.4 Å². The molecule has 0 radical (unpaired) electrons. The van der Waals surface area contributed by atoms with E-state index in [0.29, 0.717) is 6.54 Å². The van der Waals surface area contributed by atoms with Crippen LogP contribution in [-0.2, 0) is 15.0 Å². The van der Waals surface area contributed by atoms with Gasteiger partial charge in [-0.25, -0.2) is 0 Å². The number of carboxylic acid groups (broad SMARTS) is 2. The molecule has 0 aromatic heterocycles. The summed E-state index contributed by atoms with van der Waals surface area (Å²) in [6.45, 7) is 5.41. The number of benzene rings is 3. The quantitative estimate of drug-likeness (QED) is 0.294. The average molecular weight is 496 g/mol. The molecule has 0 spiro atoms. The third-order valence-corrected chi connectivity index (χ3v) is 6.89. The van der Waals surface area contributed by atoms with Crippen molar-refractivity contribution in [1.82, 2.24) is 0 Å². The summed E-state index contributed by atoms with van der Waals surface area (Å²) >= 11 is 0. The Bertz CT molecular complexity index is 1420. The Kier molecular flexibility index (Phi) is 7.45. The molecule has 4 rings (SSSR count). The van der Waals surface area contributed by atoms with Crippen LogP contribution in [0.4, 0.5) is 11.4 Å². The molecule has 0 amide bonds. The fourth-order valence-corrected chi connectivity index (χ4v) is 5.10. The average Bonchev–Trinajstić information content (AvgIpc) is 3.09. The Morgan fingerprint density at radius 3 is 2.22 bits per heavy atom. The second kappa shape index (κ2) is 10.7. The van der Waals surface area contributed by atoms with Gasteiger partial charge in [-0.2, -0.15) is 4.58 Å². The van der Waals surface area contributed by atoms with Gasteiger partial charge >= 0.3 is 11.9 Å². The topological polar surface area (TPSA) is 80.8 Å². The molecule has 0 saturated carbocycles. The van der Waals surface area contributed by atoms with Crippen molar-refractivity contribution in [3.63, 3.8) is 0 Å². The first kappa shape index (κ1) is 25.7. The lowest BCUT2D eigenvalue weighted by atomic mass is 9.79. The highest BCUT2D eigenvalue weighted by Gasteiger charge is 2.45. The maximum atomic E-state index is 11.0. The van der Waals surface area contributed by atoms with Crippen molar-refractivity contribution < 1.29 is 24.4 Å². The highest BCUT2D eigenvalue weighted by molar-refractivity contribution is 6.09. The van der Waals surface area contributed by atoms with Gasteiger partial charge in [0, 0.05) is 36.5 Å². The van der Waals surface area contributed by atoms with Crippen LogP contribution in [0.25, 0.3) is 16.8 Å². The summed E-state index contributed by atoms with van der Waals surface area (Å²) < 4.78 is 2.20. The summed E-state index contributed by atoms with van der Waals surface area (Å²) in [5, 5.41) is 20.5. The molecule has 1 aliphatic rings. The van der Waals surface area contributed by atoms with Crippen molar-refractivity contribution >= 4 is 45.9 Å². The summed E-state index contributed by atoms with van der Waals surface area (Å²) in [6.07, 6.45) is 9.81. The summed E-state index contributed by atoms with van der Waals surface area (Å²) in [7, 11) is 0. The number of carbonyl (C=O) groups is 2. The van der Waals surface area contributed by atoms with E-state index < -0.39 is 11.9 Å². The summed E-state index contributed by atoms with van der Waals surface area (Å²) in [5.41, 5.74) is 5.03. The molecule has 6 heteroatoms. The molecule has 0 atom stereocenters. The van der Waals surface area contributed by atoms with Gasteiger partial charge in [0.05, 0.1) is 18.3 Å². The van der Waals surface area contributed by atoms with Gasteiger partial charge in [0.1, 0.15) is 0 Å². The predicted octanol–water partition coefficient (Wildman–Crippen LogP) is 5.32. The van der Waals surface area contributed by atoms with Crippen molar-refractivity contribution in [3.05, 3.63) is 77.9 Å². The SMILES string of the molecule is C#CC[N+]1=C(C=Cc2ccc(N(CCC(=O)O)CCC(=O)O)cc2)C(C)(C)c2c1ccc1ccccc21. The number of terminal acetylenes is 1. The number of allylic oxidation sites excluding steroid dienone is 1. The van der Waals surface area contributed by atoms with Gasteiger partial charge in [0.25, 0.3) is 0 Å². The number of rotatable bonds is 10. The van der Waals surface area contributed by atoms with E-state index in [1.54, 1.807) is 4.90 Å². The molecular formula is C31H31N2O4+. The number of hydrogen-bond donors (Lipinski definition) is 2. The van der Waals surface area contributed by atoms with Gasteiger partial charge in [0.2, 0.25) is 12.2 Å². The fourth-order valence-electron chi connectivity index (χ4n) is 5.10. The van der Waals surface area contributed by atoms with Gasteiger partial charge in [-0.15, -0.1) is 6.42 Å². The number of fused-ring (bicyclic) bond motifs is 3. The minimum Gasteiger partial charge on any atom is -0.481 e. The van der Waals surface area contributed by atoms with E-state index >= 15 is 0 Å². The van der Waals surface area contributed by atoms with E-state index in [4.69, 9.17) is 16.6 Å². The Labute approximate surface area is 217 Å². The first-order valence-corrected chi connectivity index (χ1v) is 12.3. The van der Waals surface area contributed by atoms with Crippen LogP contribution in [0, 0.1) is 12.3 Å². The molecule has 1 heterocycles. The van der Waals surface area contributed by atoms with E-state index in [1.165, 1.54) is 16.3 Å². The van der Waals surface area contributed by atoms with E-state index in [1.807, 2.05) is 24.3 Å². The fraction of sp³-hybridized carbons (Fsp3) is 0.258. The first-order chi connectivity index (χ1) is 17.7. The summed E-state index contributed by atoms with van der Waals surface area (Å²) in [5.74, 6) is 0.976. The number of carboxylic acids is 2. The molecule has 0 fully saturated rings. The van der Waals surface area contributed by atoms with Gasteiger partial charge in [-0.05, 0) is 60.4 Å². The molecule has 2 N–H and O–H groups in total. The van der Waals surface area contributed by atoms with Crippen LogP contribution >= 0.6 is 0 Å². The number of hydrogen-bond acceptors (Lipinski definition) is 3. The Balaban J connectivity index is 1.63. The van der Waals surface area contributed by atoms with Crippen molar-refractivity contribution in [2.45, 2.75) is 32.1 Å². The molecule has 3 aromatic rings. The van der Waals surface area contributed by atoms with Crippen molar-refractivity contribution in [2.75, 3.05) is 24.5 Å². The maximum Gasteiger partial charge on any atom is 0.305 e. The highest BCUT2D eigenvalue weighted by Crippen LogP contribution is 2.44. The Morgan fingerprint density at radius 2 is 1.59 bits per heavy atom. The number of anilines is 1. The van der Waals surface area contributed by atoms with Gasteiger partial charge in [0.15, 0.2) is 5.71 Å². The largest absolute Gasteiger partial charge is 0.481 e. The van der Waals surface area contributed by atoms with Gasteiger partial charge in [-0.3, -0.25) is 9.59 Å². The van der Waals surface area contributed by atoms with E-state index in [9.17, 15) is 9.59 Å². The van der Waals surface area contributed by atoms with Gasteiger partial charge < -0.3 is 15.1 Å². The van der Waals surface area contributed by atoms with Crippen LogP contribution in [-0.4, -0.2) is 52.1 Å². The second-order valence-electron chi connectivity index (χ2n) is 9.68. The monoisotopic (exact) mass is 495 g/mol. The normalized spacial score (nSPS) is 14.1. The lowest BCUT2D eigenvalue weighted by Crippen LogP contribution is -2.28. The van der Waals surface area contributed by atoms with Crippen molar-refractivity contribution in [2.24, 2.45) is 0 Å². The van der Waals surface area contributed by atoms with E-state index in [0.717, 1.165) is 22.6 Å². The second-order valence-corrected chi connectivity index (χ2v) is 9.68. The van der Waals surface area contributed by atoms with Crippen LogP contribution in [0.1, 0.15) is 37.8 Å². The van der Waals surface area contributed by atoms with Crippen LogP contribution in [0.3, 0.4) is 0 Å². The molecule has 0 saturated heterocycles. The molecule has 0 aliphatic carbocycles. The minimum absolute atomic E-state index is 0.0606. The minimum atomic E-state index is -0.915. The lowest BCUT2D eigenvalue weighted by Gasteiger charge is -2.23.